The molecule has 1 saturated heterocycles. The van der Waals surface area contributed by atoms with E-state index in [4.69, 9.17) is 57.3 Å². The molecule has 0 radical (unpaired) electrons. The van der Waals surface area contributed by atoms with Crippen LogP contribution in [0.15, 0.2) is 197 Å². The summed E-state index contributed by atoms with van der Waals surface area (Å²) in [5, 5.41) is 49.8. The van der Waals surface area contributed by atoms with Gasteiger partial charge in [0.1, 0.15) is 17.5 Å². The highest BCUT2D eigenvalue weighted by Gasteiger charge is 2.52. The first-order chi connectivity index (χ1) is 52.3. The zero-order chi connectivity index (χ0) is 77.5. The molecule has 1 aliphatic heterocycles. The number of aliphatic hydroxyl groups is 1. The highest BCUT2D eigenvalue weighted by molar-refractivity contribution is 9.10. The van der Waals surface area contributed by atoms with Gasteiger partial charge in [0.25, 0.3) is 0 Å². The first-order valence-corrected chi connectivity index (χ1v) is 38.7. The van der Waals surface area contributed by atoms with Crippen molar-refractivity contribution in [1.82, 2.24) is 45.5 Å². The number of hydrogen-bond donors (Lipinski definition) is 8. The maximum absolute atomic E-state index is 10.2. The number of carbonyl (C=O) groups excluding carboxylic acids is 1. The number of anilines is 4. The first-order valence-electron chi connectivity index (χ1n) is 36.0. The summed E-state index contributed by atoms with van der Waals surface area (Å²) in [6, 6.07) is 60.1. The molecule has 0 aliphatic carbocycles. The van der Waals surface area contributed by atoms with Gasteiger partial charge in [0.2, 0.25) is 0 Å². The molecule has 1 fully saturated rings. The maximum Gasteiger partial charge on any atom is 0.513 e. The van der Waals surface area contributed by atoms with Crippen LogP contribution in [0, 0.1) is 22.7 Å². The van der Waals surface area contributed by atoms with Crippen LogP contribution in [0.1, 0.15) is 137 Å². The molecule has 0 saturated carbocycles. The molecule has 7 heterocycles. The molecule has 21 nitrogen and oxygen atoms in total. The fourth-order valence-corrected chi connectivity index (χ4v) is 11.8. The largest absolute Gasteiger partial charge is 0.513 e. The maximum atomic E-state index is 10.2. The molecule has 109 heavy (non-hydrogen) atoms. The molecular weight excluding hydrogens is 1590 g/mol. The SMILES string of the molecule is CC1(C)OB(c2ccn[nH]2)OC1(C)C.CCCCCC#N.Cl.N#CCCCCBr.Nc1cc(Br)ccc1C=O.Nc1nc2cc(-c3ccn[nH]3)ccc2cc1CCCO.Nc1nc2cc(-c3ccn[nH]3)ccc2cc1CCCOCc1ccccc1.Nc1nc2cc(Br)ccc2cc1CCCOCc1ccccc1. The topological polar surface area (TPSA) is 351 Å². The van der Waals surface area contributed by atoms with Crippen LogP contribution < -0.4 is 28.5 Å². The van der Waals surface area contributed by atoms with Crippen molar-refractivity contribution in [2.75, 3.05) is 48.1 Å². The summed E-state index contributed by atoms with van der Waals surface area (Å²) in [6.07, 6.45) is 18.0. The van der Waals surface area contributed by atoms with Gasteiger partial charge in [0, 0.05) is 104 Å². The fourth-order valence-electron chi connectivity index (χ4n) is 10.7. The lowest BCUT2D eigenvalue weighted by Gasteiger charge is -2.32. The number of aromatic amines is 3. The summed E-state index contributed by atoms with van der Waals surface area (Å²) in [5.74, 6) is 1.73. The van der Waals surface area contributed by atoms with Crippen LogP contribution in [0.25, 0.3) is 55.2 Å². The highest BCUT2D eigenvalue weighted by atomic mass is 79.9. The first kappa shape index (κ1) is 88.5. The van der Waals surface area contributed by atoms with Crippen LogP contribution in [0.5, 0.6) is 0 Å². The quantitative estimate of drug-likeness (QED) is 0.00866. The third kappa shape index (κ3) is 29.5. The summed E-state index contributed by atoms with van der Waals surface area (Å²) in [5.41, 5.74) is 37.3. The zero-order valence-electron chi connectivity index (χ0n) is 62.4. The summed E-state index contributed by atoms with van der Waals surface area (Å²) in [7, 11) is -0.331. The number of nitrogen functional groups attached to an aromatic ring is 4. The minimum Gasteiger partial charge on any atom is -0.398 e. The molecule has 0 bridgehead atoms. The van der Waals surface area contributed by atoms with Crippen molar-refractivity contribution >= 4 is 135 Å². The molecule has 6 aromatic heterocycles. The molecule has 0 amide bonds. The molecule has 1 aliphatic rings. The zero-order valence-corrected chi connectivity index (χ0v) is 68.0. The number of unbranched alkanes of at least 4 members (excludes halogenated alkanes) is 5. The number of aliphatic hydroxyl groups excluding tert-OH is 1. The van der Waals surface area contributed by atoms with Crippen LogP contribution in [-0.2, 0) is 51.3 Å². The number of nitrogens with one attached hydrogen (secondary N) is 3. The van der Waals surface area contributed by atoms with Crippen molar-refractivity contribution in [2.45, 2.75) is 143 Å². The van der Waals surface area contributed by atoms with E-state index in [1.54, 1.807) is 36.8 Å². The van der Waals surface area contributed by atoms with Crippen molar-refractivity contribution in [3.05, 3.63) is 231 Å². The van der Waals surface area contributed by atoms with E-state index in [2.05, 4.69) is 167 Å². The number of aromatic nitrogens is 9. The minimum atomic E-state index is -0.331. The second kappa shape index (κ2) is 47.5. The smallest absolute Gasteiger partial charge is 0.398 e. The number of nitrogens with zero attached hydrogens (tertiary/aromatic N) is 8. The molecule has 572 valence electrons. The van der Waals surface area contributed by atoms with Crippen LogP contribution in [-0.4, -0.2) is 100 Å². The van der Waals surface area contributed by atoms with Crippen LogP contribution in [0.4, 0.5) is 23.1 Å². The summed E-state index contributed by atoms with van der Waals surface area (Å²) in [4.78, 5) is 23.8. The average Bonchev–Trinajstić information content (AvgIpc) is 1.68. The Balaban J connectivity index is 0.000000209. The van der Waals surface area contributed by atoms with E-state index >= 15 is 0 Å². The van der Waals surface area contributed by atoms with E-state index in [0.717, 1.165) is 156 Å². The molecule has 12 aromatic rings. The van der Waals surface area contributed by atoms with Crippen molar-refractivity contribution in [3.63, 3.8) is 0 Å². The number of nitriles is 2. The van der Waals surface area contributed by atoms with E-state index < -0.39 is 0 Å². The number of benzene rings is 6. The van der Waals surface area contributed by atoms with Crippen LogP contribution >= 0.6 is 60.2 Å². The van der Waals surface area contributed by atoms with Gasteiger partial charge < -0.3 is 46.8 Å². The number of halogens is 4. The lowest BCUT2D eigenvalue weighted by molar-refractivity contribution is 0.00578. The second-order valence-corrected chi connectivity index (χ2v) is 28.8. The number of fused-ring (bicyclic) bond motifs is 3. The van der Waals surface area contributed by atoms with Gasteiger partial charge in [-0.05, 0) is 192 Å². The van der Waals surface area contributed by atoms with Gasteiger partial charge in [0.15, 0.2) is 6.29 Å². The summed E-state index contributed by atoms with van der Waals surface area (Å²) >= 11 is 9.96. The monoisotopic (exact) mass is 1680 g/mol. The van der Waals surface area contributed by atoms with Crippen molar-refractivity contribution < 1.29 is 28.7 Å². The Morgan fingerprint density at radius 2 is 0.963 bits per heavy atom. The van der Waals surface area contributed by atoms with Gasteiger partial charge in [-0.2, -0.15) is 25.8 Å². The Kier molecular flexibility index (Phi) is 38.6. The Labute approximate surface area is 671 Å². The van der Waals surface area contributed by atoms with Gasteiger partial charge in [0.05, 0.1) is 70.1 Å². The molecule has 0 spiro atoms. The lowest BCUT2D eigenvalue weighted by Crippen LogP contribution is -2.41. The number of alkyl halides is 1. The van der Waals surface area contributed by atoms with Crippen molar-refractivity contribution in [3.8, 4) is 34.7 Å². The number of aryl methyl sites for hydroxylation is 3. The number of ether oxygens (including phenoxy) is 2. The van der Waals surface area contributed by atoms with Gasteiger partial charge in [-0.15, -0.1) is 12.4 Å². The molecule has 0 atom stereocenters. The molecule has 12 N–H and O–H groups in total. The number of nitrogens with two attached hydrogens (primary N) is 4. The molecule has 26 heteroatoms. The Morgan fingerprint density at radius 3 is 1.38 bits per heavy atom. The van der Waals surface area contributed by atoms with E-state index in [0.29, 0.717) is 68.0 Å². The van der Waals surface area contributed by atoms with Gasteiger partial charge >= 0.3 is 7.12 Å². The van der Waals surface area contributed by atoms with Gasteiger partial charge in [-0.3, -0.25) is 20.1 Å². The van der Waals surface area contributed by atoms with E-state index in [-0.39, 0.29) is 37.3 Å². The number of rotatable bonds is 25. The van der Waals surface area contributed by atoms with E-state index in [9.17, 15) is 4.79 Å². The number of carbonyl (C=O) groups is 1. The number of pyridine rings is 3. The summed E-state index contributed by atoms with van der Waals surface area (Å²) < 4.78 is 25.0. The fraction of sp³-hybridized carbons (Fsp3) is 0.313. The normalized spacial score (nSPS) is 12.1. The molecule has 6 aromatic carbocycles. The second-order valence-electron chi connectivity index (χ2n) is 26.2. The third-order valence-electron chi connectivity index (χ3n) is 17.4. The number of hydrogen-bond acceptors (Lipinski definition) is 18. The number of aldehydes is 1. The third-order valence-corrected chi connectivity index (χ3v) is 19.0. The molecule has 0 unspecified atom stereocenters. The minimum absolute atomic E-state index is 0. The standard InChI is InChI=1S/C22H22N4O.C19H19BrN2O.C15H16N4O.C9H15BN2O2.C7H6BrNO.C6H11N.C5H8BrN.ClH/c23-22-19(7-4-12-27-15-16-5-2-1-3-6-16)13-17-8-9-18(14-21(17)25-22)20-10-11-24-26-20;20-17-9-8-15-11-16(19(21)22-18(15)12-17)7-4-10-23-13-14-5-2-1-3-6-14;16-15-12(2-1-7-20)8-10-3-4-11(9-14(10)18-15)13-5-6-17-19-13;1-8(2)9(3,4)14-10(13-8)7-5-6-11-12-7;8-6-2-1-5(4-10)7(9)3-6;1-2-3-4-5-6-7;6-4-2-1-3-5-7;/h1-3,5-6,8-11,13-14H,4,7,12,15H2,(H2,23,25)(H,24,26);1-3,5-6,8-9,11-12H,4,7,10,13H2,(H2,21,22);3-6,8-9,20H,1-2,7H2,(H2,16,18)(H,17,19);5-6H,1-4H3,(H,11,12);1-4H,9H2;2-5H2,1H3;1-4H2;1H. The Morgan fingerprint density at radius 1 is 0.532 bits per heavy atom. The van der Waals surface area contributed by atoms with Gasteiger partial charge in [-0.1, -0.05) is 159 Å². The number of H-pyrrole nitrogens is 3. The Bertz CT molecular complexity index is 4690. The highest BCUT2D eigenvalue weighted by Crippen LogP contribution is 2.36. The van der Waals surface area contributed by atoms with Crippen LogP contribution in [0.2, 0.25) is 0 Å². The predicted octanol–water partition coefficient (Wildman–Crippen LogP) is 18.4. The Hall–Kier alpha value is -9.38. The molecule has 13 rings (SSSR count). The van der Waals surface area contributed by atoms with Crippen molar-refractivity contribution in [2.24, 2.45) is 0 Å². The lowest BCUT2D eigenvalue weighted by atomic mass is 9.85. The van der Waals surface area contributed by atoms with E-state index in [1.807, 2.05) is 125 Å². The molecular formula is C83H98BBr3ClN15O6. The average molecular weight is 1690 g/mol. The summed E-state index contributed by atoms with van der Waals surface area (Å²) in [6.45, 7) is 13.1. The van der Waals surface area contributed by atoms with E-state index in [1.165, 1.54) is 24.0 Å². The predicted molar refractivity (Wildman–Crippen MR) is 454 cm³/mol. The van der Waals surface area contributed by atoms with Crippen molar-refractivity contribution in [1.29, 1.82) is 10.5 Å². The van der Waals surface area contributed by atoms with Gasteiger partial charge in [-0.25, -0.2) is 15.0 Å². The van der Waals surface area contributed by atoms with Crippen LogP contribution in [0.3, 0.4) is 0 Å².